The maximum atomic E-state index is 9.30. The van der Waals surface area contributed by atoms with E-state index in [0.717, 1.165) is 5.92 Å². The van der Waals surface area contributed by atoms with Crippen molar-refractivity contribution in [2.75, 3.05) is 0 Å². The largest absolute Gasteiger partial charge is 0.393 e. The highest BCUT2D eigenvalue weighted by Gasteiger charge is 2.07. The Hall–Kier alpha value is -0.0400. The summed E-state index contributed by atoms with van der Waals surface area (Å²) < 4.78 is 0. The minimum absolute atomic E-state index is 0.135. The molecule has 0 fully saturated rings. The predicted molar refractivity (Wildman–Crippen MR) is 63.4 cm³/mol. The molecule has 1 nitrogen and oxygen atoms in total. The molecule has 86 valence electrons. The van der Waals surface area contributed by atoms with Crippen LogP contribution in [0.25, 0.3) is 0 Å². The van der Waals surface area contributed by atoms with Crippen LogP contribution in [0.5, 0.6) is 0 Å². The first kappa shape index (κ1) is 14.0. The molecule has 0 aliphatic carbocycles. The first-order chi connectivity index (χ1) is 6.57. The molecule has 1 N–H and O–H groups in total. The normalized spacial score (nSPS) is 17.8. The molecule has 3 atom stereocenters. The predicted octanol–water partition coefficient (Wildman–Crippen LogP) is 4.00. The van der Waals surface area contributed by atoms with Crippen LogP contribution in [0.15, 0.2) is 0 Å². The fraction of sp³-hybridized carbons (Fsp3) is 1.00. The second-order valence-corrected chi connectivity index (χ2v) is 4.87. The first-order valence-electron chi connectivity index (χ1n) is 6.26. The minimum Gasteiger partial charge on any atom is -0.393 e. The summed E-state index contributed by atoms with van der Waals surface area (Å²) in [5, 5.41) is 9.30. The van der Waals surface area contributed by atoms with Crippen molar-refractivity contribution in [1.29, 1.82) is 0 Å². The molecular formula is C13H28O. The van der Waals surface area contributed by atoms with Gasteiger partial charge in [-0.05, 0) is 25.2 Å². The van der Waals surface area contributed by atoms with E-state index in [-0.39, 0.29) is 6.10 Å². The third-order valence-electron chi connectivity index (χ3n) is 3.38. The zero-order valence-corrected chi connectivity index (χ0v) is 10.4. The molecule has 0 aromatic heterocycles. The molecule has 0 aliphatic rings. The van der Waals surface area contributed by atoms with Gasteiger partial charge in [0.15, 0.2) is 0 Å². The van der Waals surface area contributed by atoms with Crippen LogP contribution in [0, 0.1) is 11.8 Å². The lowest BCUT2D eigenvalue weighted by Gasteiger charge is -2.14. The van der Waals surface area contributed by atoms with Crippen molar-refractivity contribution >= 4 is 0 Å². The topological polar surface area (TPSA) is 20.2 Å². The maximum Gasteiger partial charge on any atom is 0.0537 e. The lowest BCUT2D eigenvalue weighted by Crippen LogP contribution is -2.12. The Balaban J connectivity index is 3.21. The molecule has 0 radical (unpaired) electrons. The fourth-order valence-electron chi connectivity index (χ4n) is 1.58. The van der Waals surface area contributed by atoms with Crippen LogP contribution < -0.4 is 0 Å². The monoisotopic (exact) mass is 200 g/mol. The molecule has 0 aromatic carbocycles. The number of hydrogen-bond donors (Lipinski definition) is 1. The van der Waals surface area contributed by atoms with Gasteiger partial charge in [0.1, 0.15) is 0 Å². The van der Waals surface area contributed by atoms with Gasteiger partial charge in [0.05, 0.1) is 6.10 Å². The molecule has 0 amide bonds. The number of unbranched alkanes of at least 4 members (excludes halogenated alkanes) is 2. The van der Waals surface area contributed by atoms with Crippen molar-refractivity contribution in [3.05, 3.63) is 0 Å². The summed E-state index contributed by atoms with van der Waals surface area (Å²) >= 11 is 0. The highest BCUT2D eigenvalue weighted by Crippen LogP contribution is 2.16. The van der Waals surface area contributed by atoms with Crippen LogP contribution in [0.1, 0.15) is 66.2 Å². The number of aliphatic hydroxyl groups is 1. The third-order valence-corrected chi connectivity index (χ3v) is 3.38. The Labute approximate surface area is 89.9 Å². The molecule has 0 aliphatic heterocycles. The molecule has 14 heavy (non-hydrogen) atoms. The molecule has 0 rings (SSSR count). The van der Waals surface area contributed by atoms with Gasteiger partial charge in [0.2, 0.25) is 0 Å². The lowest BCUT2D eigenvalue weighted by molar-refractivity contribution is 0.128. The van der Waals surface area contributed by atoms with Crippen molar-refractivity contribution < 1.29 is 5.11 Å². The fourth-order valence-corrected chi connectivity index (χ4v) is 1.58. The highest BCUT2D eigenvalue weighted by atomic mass is 16.3. The van der Waals surface area contributed by atoms with Gasteiger partial charge in [-0.25, -0.2) is 0 Å². The van der Waals surface area contributed by atoms with E-state index in [9.17, 15) is 5.11 Å². The van der Waals surface area contributed by atoms with E-state index >= 15 is 0 Å². The van der Waals surface area contributed by atoms with Gasteiger partial charge in [-0.1, -0.05) is 52.9 Å². The zero-order valence-electron chi connectivity index (χ0n) is 10.4. The smallest absolute Gasteiger partial charge is 0.0537 e. The summed E-state index contributed by atoms with van der Waals surface area (Å²) in [7, 11) is 0. The first-order valence-corrected chi connectivity index (χ1v) is 6.26. The lowest BCUT2D eigenvalue weighted by atomic mass is 9.96. The Bertz CT molecular complexity index is 120. The van der Waals surface area contributed by atoms with Gasteiger partial charge in [0, 0.05) is 0 Å². The second-order valence-electron chi connectivity index (χ2n) is 4.87. The standard InChI is InChI=1S/C13H28O/c1-5-11(2)9-7-6-8-10-12(3)13(4)14/h11-14H,5-10H2,1-4H3/t11-,12+,13-/m0/s1. The van der Waals surface area contributed by atoms with Crippen LogP contribution in [-0.2, 0) is 0 Å². The van der Waals surface area contributed by atoms with E-state index in [2.05, 4.69) is 20.8 Å². The van der Waals surface area contributed by atoms with Gasteiger partial charge in [-0.2, -0.15) is 0 Å². The Morgan fingerprint density at radius 2 is 1.50 bits per heavy atom. The minimum atomic E-state index is -0.135. The van der Waals surface area contributed by atoms with Gasteiger partial charge in [0.25, 0.3) is 0 Å². The summed E-state index contributed by atoms with van der Waals surface area (Å²) in [6.07, 6.45) is 7.71. The van der Waals surface area contributed by atoms with Gasteiger partial charge in [-0.3, -0.25) is 0 Å². The zero-order chi connectivity index (χ0) is 11.0. The molecular weight excluding hydrogens is 172 g/mol. The molecule has 0 spiro atoms. The molecule has 0 saturated carbocycles. The summed E-state index contributed by atoms with van der Waals surface area (Å²) in [5.41, 5.74) is 0. The van der Waals surface area contributed by atoms with Gasteiger partial charge < -0.3 is 5.11 Å². The Morgan fingerprint density at radius 3 is 2.00 bits per heavy atom. The van der Waals surface area contributed by atoms with E-state index in [1.807, 2.05) is 6.92 Å². The average Bonchev–Trinajstić information content (AvgIpc) is 2.16. The van der Waals surface area contributed by atoms with Gasteiger partial charge in [-0.15, -0.1) is 0 Å². The van der Waals surface area contributed by atoms with Crippen LogP contribution in [0.3, 0.4) is 0 Å². The van der Waals surface area contributed by atoms with Gasteiger partial charge >= 0.3 is 0 Å². The van der Waals surface area contributed by atoms with E-state index < -0.39 is 0 Å². The molecule has 0 unspecified atom stereocenters. The molecule has 0 bridgehead atoms. The van der Waals surface area contributed by atoms with Crippen LogP contribution in [0.2, 0.25) is 0 Å². The SMILES string of the molecule is CC[C@H](C)CCCCC[C@@H](C)[C@H](C)O. The number of rotatable bonds is 8. The van der Waals surface area contributed by atoms with Crippen LogP contribution in [-0.4, -0.2) is 11.2 Å². The molecule has 1 heteroatoms. The van der Waals surface area contributed by atoms with Crippen molar-refractivity contribution in [3.63, 3.8) is 0 Å². The summed E-state index contributed by atoms with van der Waals surface area (Å²) in [6, 6.07) is 0. The van der Waals surface area contributed by atoms with E-state index in [1.54, 1.807) is 0 Å². The van der Waals surface area contributed by atoms with Crippen molar-refractivity contribution in [3.8, 4) is 0 Å². The van der Waals surface area contributed by atoms with Crippen LogP contribution >= 0.6 is 0 Å². The maximum absolute atomic E-state index is 9.30. The third kappa shape index (κ3) is 7.37. The summed E-state index contributed by atoms with van der Waals surface area (Å²) in [4.78, 5) is 0. The summed E-state index contributed by atoms with van der Waals surface area (Å²) in [5.74, 6) is 1.36. The summed E-state index contributed by atoms with van der Waals surface area (Å²) in [6.45, 7) is 8.63. The van der Waals surface area contributed by atoms with E-state index in [4.69, 9.17) is 0 Å². The molecule has 0 heterocycles. The number of hydrogen-bond acceptors (Lipinski definition) is 1. The van der Waals surface area contributed by atoms with Crippen molar-refractivity contribution in [2.45, 2.75) is 72.3 Å². The molecule has 0 aromatic rings. The van der Waals surface area contributed by atoms with E-state index in [1.165, 1.54) is 38.5 Å². The van der Waals surface area contributed by atoms with Crippen molar-refractivity contribution in [1.82, 2.24) is 0 Å². The average molecular weight is 200 g/mol. The van der Waals surface area contributed by atoms with Crippen molar-refractivity contribution in [2.24, 2.45) is 11.8 Å². The quantitative estimate of drug-likeness (QED) is 0.587. The second kappa shape index (κ2) is 8.28. The Morgan fingerprint density at radius 1 is 0.929 bits per heavy atom. The number of aliphatic hydroxyl groups excluding tert-OH is 1. The van der Waals surface area contributed by atoms with Crippen LogP contribution in [0.4, 0.5) is 0 Å². The van der Waals surface area contributed by atoms with E-state index in [0.29, 0.717) is 5.92 Å². The highest BCUT2D eigenvalue weighted by molar-refractivity contribution is 4.59. The molecule has 0 saturated heterocycles. The Kier molecular flexibility index (Phi) is 8.26.